The maximum atomic E-state index is 9.89. The molecule has 2 aliphatic rings. The van der Waals surface area contributed by atoms with Crippen molar-refractivity contribution in [2.24, 2.45) is 0 Å². The molecule has 2 atom stereocenters. The van der Waals surface area contributed by atoms with Gasteiger partial charge in [0.05, 0.1) is 6.61 Å². The van der Waals surface area contributed by atoms with Crippen LogP contribution in [0.2, 0.25) is 0 Å². The highest BCUT2D eigenvalue weighted by Gasteiger charge is 2.40. The van der Waals surface area contributed by atoms with Gasteiger partial charge in [0.15, 0.2) is 0 Å². The molecule has 0 saturated heterocycles. The van der Waals surface area contributed by atoms with Crippen LogP contribution < -0.4 is 5.32 Å². The fourth-order valence-corrected chi connectivity index (χ4v) is 3.58. The second-order valence-electron chi connectivity index (χ2n) is 6.59. The number of unbranched alkanes of at least 4 members (excludes halogenated alkanes) is 1. The second kappa shape index (κ2) is 7.05. The Morgan fingerprint density at radius 2 is 2.05 bits per heavy atom. The van der Waals surface area contributed by atoms with Crippen LogP contribution in [0.3, 0.4) is 0 Å². The highest BCUT2D eigenvalue weighted by Crippen LogP contribution is 2.34. The van der Waals surface area contributed by atoms with Crippen LogP contribution in [0.25, 0.3) is 0 Å². The lowest BCUT2D eigenvalue weighted by molar-refractivity contribution is 0.0594. The molecule has 0 heterocycles. The fourth-order valence-electron chi connectivity index (χ4n) is 3.58. The van der Waals surface area contributed by atoms with Gasteiger partial charge in [-0.2, -0.15) is 0 Å². The maximum absolute atomic E-state index is 9.89. The van der Waals surface area contributed by atoms with Crippen LogP contribution in [0, 0.1) is 0 Å². The largest absolute Gasteiger partial charge is 0.394 e. The molecule has 0 aliphatic heterocycles. The van der Waals surface area contributed by atoms with Gasteiger partial charge in [0.1, 0.15) is 0 Å². The second-order valence-corrected chi connectivity index (χ2v) is 6.59. The third-order valence-corrected chi connectivity index (χ3v) is 4.93. The van der Waals surface area contributed by atoms with Gasteiger partial charge in [0, 0.05) is 17.6 Å². The van der Waals surface area contributed by atoms with E-state index in [4.69, 9.17) is 0 Å². The Bertz CT molecular complexity index is 267. The summed E-state index contributed by atoms with van der Waals surface area (Å²) >= 11 is 0. The van der Waals surface area contributed by atoms with Crippen LogP contribution in [0.4, 0.5) is 0 Å². The molecule has 0 aromatic carbocycles. The minimum absolute atomic E-state index is 0.0176. The van der Waals surface area contributed by atoms with Crippen LogP contribution in [0.1, 0.15) is 65.2 Å². The Kier molecular flexibility index (Phi) is 5.67. The van der Waals surface area contributed by atoms with E-state index in [2.05, 4.69) is 24.1 Å². The molecule has 112 valence electrons. The summed E-state index contributed by atoms with van der Waals surface area (Å²) in [6.07, 6.45) is 10.0. The summed E-state index contributed by atoms with van der Waals surface area (Å²) in [5.74, 6) is 0. The van der Waals surface area contributed by atoms with Crippen LogP contribution >= 0.6 is 0 Å². The average Bonchev–Trinajstić information content (AvgIpc) is 3.24. The molecule has 0 aromatic rings. The summed E-state index contributed by atoms with van der Waals surface area (Å²) in [7, 11) is 0. The van der Waals surface area contributed by atoms with Crippen LogP contribution in [0.5, 0.6) is 0 Å². The van der Waals surface area contributed by atoms with Gasteiger partial charge in [-0.25, -0.2) is 0 Å². The normalized spacial score (nSPS) is 31.9. The molecule has 2 aliphatic carbocycles. The van der Waals surface area contributed by atoms with Crippen molar-refractivity contribution in [2.45, 2.75) is 82.8 Å². The molecule has 2 N–H and O–H groups in total. The first kappa shape index (κ1) is 15.3. The molecule has 0 spiro atoms. The molecular formula is C16H32N2O. The first-order valence-electron chi connectivity index (χ1n) is 8.35. The van der Waals surface area contributed by atoms with Gasteiger partial charge in [-0.15, -0.1) is 0 Å². The molecule has 19 heavy (non-hydrogen) atoms. The van der Waals surface area contributed by atoms with Gasteiger partial charge in [0.2, 0.25) is 0 Å². The third kappa shape index (κ3) is 4.17. The van der Waals surface area contributed by atoms with E-state index in [1.54, 1.807) is 0 Å². The van der Waals surface area contributed by atoms with E-state index in [0.29, 0.717) is 18.7 Å². The van der Waals surface area contributed by atoms with Crippen molar-refractivity contribution in [3.63, 3.8) is 0 Å². The first-order valence-corrected chi connectivity index (χ1v) is 8.35. The van der Waals surface area contributed by atoms with Crippen LogP contribution in [-0.2, 0) is 0 Å². The first-order chi connectivity index (χ1) is 9.23. The minimum atomic E-state index is 0.0176. The number of hydrogen-bond acceptors (Lipinski definition) is 3. The van der Waals surface area contributed by atoms with Gasteiger partial charge in [-0.1, -0.05) is 20.3 Å². The summed E-state index contributed by atoms with van der Waals surface area (Å²) in [6.45, 7) is 7.23. The lowest BCUT2D eigenvalue weighted by Gasteiger charge is -2.44. The molecular weight excluding hydrogens is 236 g/mol. The van der Waals surface area contributed by atoms with Crippen molar-refractivity contribution in [1.82, 2.24) is 10.2 Å². The van der Waals surface area contributed by atoms with Gasteiger partial charge in [0.25, 0.3) is 0 Å². The molecule has 2 rings (SSSR count). The summed E-state index contributed by atoms with van der Waals surface area (Å²) in [4.78, 5) is 2.64. The Morgan fingerprint density at radius 1 is 1.26 bits per heavy atom. The zero-order valence-corrected chi connectivity index (χ0v) is 12.8. The molecule has 3 nitrogen and oxygen atoms in total. The molecule has 2 saturated carbocycles. The zero-order chi connectivity index (χ0) is 13.7. The zero-order valence-electron chi connectivity index (χ0n) is 12.8. The van der Waals surface area contributed by atoms with Crippen LogP contribution in [-0.4, -0.2) is 47.3 Å². The van der Waals surface area contributed by atoms with E-state index in [1.165, 1.54) is 45.1 Å². The summed E-state index contributed by atoms with van der Waals surface area (Å²) in [5.41, 5.74) is 0.0176. The topological polar surface area (TPSA) is 35.5 Å². The number of aliphatic hydroxyl groups is 1. The van der Waals surface area contributed by atoms with Crippen molar-refractivity contribution in [2.75, 3.05) is 19.7 Å². The molecule has 0 radical (unpaired) electrons. The summed E-state index contributed by atoms with van der Waals surface area (Å²) in [5, 5.41) is 13.6. The highest BCUT2D eigenvalue weighted by molar-refractivity contribution is 5.00. The third-order valence-electron chi connectivity index (χ3n) is 4.93. The van der Waals surface area contributed by atoms with Crippen molar-refractivity contribution in [1.29, 1.82) is 0 Å². The quantitative estimate of drug-likeness (QED) is 0.710. The molecule has 2 unspecified atom stereocenters. The van der Waals surface area contributed by atoms with Gasteiger partial charge in [-0.05, 0) is 58.0 Å². The number of nitrogens with one attached hydrogen (secondary N) is 1. The maximum Gasteiger partial charge on any atom is 0.0613 e. The number of rotatable bonds is 8. The van der Waals surface area contributed by atoms with Crippen molar-refractivity contribution >= 4 is 0 Å². The van der Waals surface area contributed by atoms with E-state index in [-0.39, 0.29) is 5.54 Å². The number of nitrogens with zero attached hydrogens (tertiary/aromatic N) is 1. The SMILES string of the molecule is CCCCN(CC)C1CCCC(CO)(NC2CC2)C1. The van der Waals surface area contributed by atoms with E-state index in [9.17, 15) is 5.11 Å². The number of hydrogen-bond donors (Lipinski definition) is 2. The smallest absolute Gasteiger partial charge is 0.0613 e. The lowest BCUT2D eigenvalue weighted by atomic mass is 9.78. The molecule has 0 aromatic heterocycles. The standard InChI is InChI=1S/C16H32N2O/c1-3-5-11-18(4-2)15-7-6-10-16(12-15,13-19)17-14-8-9-14/h14-15,17,19H,3-13H2,1-2H3. The Morgan fingerprint density at radius 3 is 2.63 bits per heavy atom. The molecule has 0 bridgehead atoms. The summed E-state index contributed by atoms with van der Waals surface area (Å²) < 4.78 is 0. The molecule has 3 heteroatoms. The Hall–Kier alpha value is -0.120. The monoisotopic (exact) mass is 268 g/mol. The predicted molar refractivity (Wildman–Crippen MR) is 80.4 cm³/mol. The molecule has 2 fully saturated rings. The van der Waals surface area contributed by atoms with E-state index < -0.39 is 0 Å². The van der Waals surface area contributed by atoms with Crippen LogP contribution in [0.15, 0.2) is 0 Å². The average molecular weight is 268 g/mol. The van der Waals surface area contributed by atoms with Crippen molar-refractivity contribution in [3.8, 4) is 0 Å². The fraction of sp³-hybridized carbons (Fsp3) is 1.00. The predicted octanol–water partition coefficient (Wildman–Crippen LogP) is 2.53. The minimum Gasteiger partial charge on any atom is -0.394 e. The van der Waals surface area contributed by atoms with E-state index >= 15 is 0 Å². The van der Waals surface area contributed by atoms with E-state index in [0.717, 1.165) is 19.4 Å². The lowest BCUT2D eigenvalue weighted by Crippen LogP contribution is -2.56. The Balaban J connectivity index is 1.92. The van der Waals surface area contributed by atoms with Crippen molar-refractivity contribution < 1.29 is 5.11 Å². The van der Waals surface area contributed by atoms with Gasteiger partial charge in [-0.3, -0.25) is 0 Å². The Labute approximate surface area is 118 Å². The van der Waals surface area contributed by atoms with Gasteiger partial charge >= 0.3 is 0 Å². The van der Waals surface area contributed by atoms with E-state index in [1.807, 2.05) is 0 Å². The summed E-state index contributed by atoms with van der Waals surface area (Å²) in [6, 6.07) is 1.36. The molecule has 0 amide bonds. The highest BCUT2D eigenvalue weighted by atomic mass is 16.3. The number of aliphatic hydroxyl groups excluding tert-OH is 1. The van der Waals surface area contributed by atoms with Gasteiger partial charge < -0.3 is 15.3 Å². The van der Waals surface area contributed by atoms with Crippen molar-refractivity contribution in [3.05, 3.63) is 0 Å².